The normalized spacial score (nSPS) is 10.9. The van der Waals surface area contributed by atoms with E-state index in [9.17, 15) is 8.42 Å². The first-order valence-corrected chi connectivity index (χ1v) is 6.18. The van der Waals surface area contributed by atoms with Crippen LogP contribution in [0, 0.1) is 0 Å². The Kier molecular flexibility index (Phi) is 5.52. The fraction of sp³-hybridized carbons (Fsp3) is 0. The standard InChI is InChI=1S/C4H2Br2O3S2.Na.H/c5-2-1-3(10-4(2)6)11(7,8)9;;/h1H,(H,7,8,9);;. The van der Waals surface area contributed by atoms with Crippen molar-refractivity contribution >= 4 is 82.9 Å². The minimum absolute atomic E-state index is 0. The van der Waals surface area contributed by atoms with E-state index in [0.717, 1.165) is 11.3 Å². The topological polar surface area (TPSA) is 54.4 Å². The summed E-state index contributed by atoms with van der Waals surface area (Å²) in [6, 6.07) is 1.34. The predicted molar refractivity (Wildman–Crippen MR) is 56.7 cm³/mol. The van der Waals surface area contributed by atoms with Crippen LogP contribution in [0.2, 0.25) is 0 Å². The van der Waals surface area contributed by atoms with Gasteiger partial charge in [0.05, 0.1) is 3.79 Å². The molecule has 12 heavy (non-hydrogen) atoms. The van der Waals surface area contributed by atoms with E-state index in [1.807, 2.05) is 0 Å². The molecule has 1 heterocycles. The Morgan fingerprint density at radius 1 is 1.42 bits per heavy atom. The zero-order valence-electron chi connectivity index (χ0n) is 4.91. The van der Waals surface area contributed by atoms with Crippen LogP contribution >= 0.6 is 43.2 Å². The summed E-state index contributed by atoms with van der Waals surface area (Å²) in [5.74, 6) is 0. The van der Waals surface area contributed by atoms with Crippen molar-refractivity contribution in [2.75, 3.05) is 0 Å². The monoisotopic (exact) mass is 344 g/mol. The van der Waals surface area contributed by atoms with Gasteiger partial charge in [-0.05, 0) is 37.9 Å². The molecule has 0 saturated carbocycles. The van der Waals surface area contributed by atoms with E-state index < -0.39 is 10.1 Å². The average Bonchev–Trinajstić information content (AvgIpc) is 2.11. The number of halogens is 2. The maximum atomic E-state index is 10.5. The van der Waals surface area contributed by atoms with Gasteiger partial charge in [-0.25, -0.2) is 0 Å². The molecule has 64 valence electrons. The van der Waals surface area contributed by atoms with Crippen LogP contribution in [0.1, 0.15) is 0 Å². The Hall–Kier alpha value is 1.57. The summed E-state index contributed by atoms with van der Waals surface area (Å²) in [7, 11) is -4.05. The first kappa shape index (κ1) is 13.6. The summed E-state index contributed by atoms with van der Waals surface area (Å²) in [5.41, 5.74) is 0. The Bertz CT molecular complexity index is 352. The van der Waals surface area contributed by atoms with E-state index >= 15 is 0 Å². The van der Waals surface area contributed by atoms with E-state index in [2.05, 4.69) is 31.9 Å². The van der Waals surface area contributed by atoms with Crippen LogP contribution in [0.5, 0.6) is 0 Å². The van der Waals surface area contributed by atoms with Gasteiger partial charge in [0, 0.05) is 4.47 Å². The number of hydrogen-bond acceptors (Lipinski definition) is 3. The van der Waals surface area contributed by atoms with Gasteiger partial charge in [-0.1, -0.05) is 0 Å². The van der Waals surface area contributed by atoms with Crippen LogP contribution in [0.4, 0.5) is 0 Å². The summed E-state index contributed by atoms with van der Waals surface area (Å²) in [6.07, 6.45) is 0. The van der Waals surface area contributed by atoms with Gasteiger partial charge in [0.2, 0.25) is 0 Å². The zero-order chi connectivity index (χ0) is 8.65. The predicted octanol–water partition coefficient (Wildman–Crippen LogP) is 1.87. The van der Waals surface area contributed by atoms with E-state index in [-0.39, 0.29) is 33.8 Å². The minimum atomic E-state index is -4.05. The zero-order valence-corrected chi connectivity index (χ0v) is 9.72. The second kappa shape index (κ2) is 4.88. The fourth-order valence-electron chi connectivity index (χ4n) is 0.454. The van der Waals surface area contributed by atoms with E-state index in [1.165, 1.54) is 6.07 Å². The molecule has 0 atom stereocenters. The van der Waals surface area contributed by atoms with Crippen LogP contribution in [-0.4, -0.2) is 42.5 Å². The van der Waals surface area contributed by atoms with Gasteiger partial charge in [0.1, 0.15) is 4.21 Å². The number of hydrogen-bond donors (Lipinski definition) is 1. The summed E-state index contributed by atoms with van der Waals surface area (Å²) < 4.78 is 30.8. The summed E-state index contributed by atoms with van der Waals surface area (Å²) >= 11 is 7.15. The number of rotatable bonds is 1. The van der Waals surface area contributed by atoms with Crippen molar-refractivity contribution in [1.82, 2.24) is 0 Å². The molecule has 0 aliphatic carbocycles. The molecule has 1 aromatic heterocycles. The van der Waals surface area contributed by atoms with Crippen LogP contribution in [0.15, 0.2) is 18.5 Å². The van der Waals surface area contributed by atoms with Gasteiger partial charge in [0.15, 0.2) is 0 Å². The van der Waals surface area contributed by atoms with Crippen molar-refractivity contribution in [2.24, 2.45) is 0 Å². The average molecular weight is 346 g/mol. The molecule has 0 spiro atoms. The van der Waals surface area contributed by atoms with Crippen LogP contribution in [0.3, 0.4) is 0 Å². The fourth-order valence-corrected chi connectivity index (χ4v) is 3.64. The van der Waals surface area contributed by atoms with Gasteiger partial charge in [-0.3, -0.25) is 4.55 Å². The maximum absolute atomic E-state index is 10.5. The SMILES string of the molecule is O=S(=O)(O)c1cc(Br)c(Br)s1.[NaH]. The first-order valence-electron chi connectivity index (χ1n) is 2.33. The second-order valence-corrected chi connectivity index (χ2v) is 6.53. The molecule has 0 amide bonds. The quantitative estimate of drug-likeness (QED) is 0.624. The molecule has 0 aliphatic heterocycles. The van der Waals surface area contributed by atoms with Crippen molar-refractivity contribution in [2.45, 2.75) is 4.21 Å². The molecule has 0 radical (unpaired) electrons. The first-order chi connectivity index (χ1) is 4.91. The molecule has 0 aliphatic rings. The third-order valence-corrected chi connectivity index (χ3v) is 5.44. The Morgan fingerprint density at radius 2 is 1.92 bits per heavy atom. The van der Waals surface area contributed by atoms with Gasteiger partial charge in [0.25, 0.3) is 0 Å². The molecule has 1 rings (SSSR count). The molecule has 8 heteroatoms. The van der Waals surface area contributed by atoms with E-state index in [0.29, 0.717) is 8.26 Å². The summed E-state index contributed by atoms with van der Waals surface area (Å²) in [5, 5.41) is 0. The van der Waals surface area contributed by atoms with Crippen molar-refractivity contribution in [1.29, 1.82) is 0 Å². The summed E-state index contributed by atoms with van der Waals surface area (Å²) in [4.78, 5) is 0. The van der Waals surface area contributed by atoms with Crippen LogP contribution in [-0.2, 0) is 10.1 Å². The second-order valence-electron chi connectivity index (χ2n) is 1.66. The van der Waals surface area contributed by atoms with Crippen molar-refractivity contribution in [3.8, 4) is 0 Å². The van der Waals surface area contributed by atoms with Gasteiger partial charge >= 0.3 is 39.7 Å². The molecule has 0 bridgehead atoms. The third kappa shape index (κ3) is 3.38. The van der Waals surface area contributed by atoms with E-state index in [1.54, 1.807) is 0 Å². The van der Waals surface area contributed by atoms with Gasteiger partial charge in [-0.2, -0.15) is 8.42 Å². The molecular weight excluding hydrogens is 343 g/mol. The van der Waals surface area contributed by atoms with Crippen LogP contribution in [0.25, 0.3) is 0 Å². The third-order valence-electron chi connectivity index (χ3n) is 0.877. The van der Waals surface area contributed by atoms with Crippen LogP contribution < -0.4 is 0 Å². The van der Waals surface area contributed by atoms with E-state index in [4.69, 9.17) is 4.55 Å². The van der Waals surface area contributed by atoms with Crippen molar-refractivity contribution < 1.29 is 13.0 Å². The molecule has 3 nitrogen and oxygen atoms in total. The molecule has 0 fully saturated rings. The molecule has 0 unspecified atom stereocenters. The summed E-state index contributed by atoms with van der Waals surface area (Å²) in [6.45, 7) is 0. The Balaban J connectivity index is 0.00000121. The number of thiophene rings is 1. The van der Waals surface area contributed by atoms with Crippen molar-refractivity contribution in [3.05, 3.63) is 14.3 Å². The molecule has 0 saturated heterocycles. The Labute approximate surface area is 113 Å². The molecular formula is C4H3Br2NaO3S2. The van der Waals surface area contributed by atoms with Gasteiger partial charge in [-0.15, -0.1) is 11.3 Å². The van der Waals surface area contributed by atoms with Gasteiger partial charge < -0.3 is 0 Å². The van der Waals surface area contributed by atoms with Crippen molar-refractivity contribution in [3.63, 3.8) is 0 Å². The molecule has 1 N–H and O–H groups in total. The Morgan fingerprint density at radius 3 is 2.08 bits per heavy atom. The molecule has 1 aromatic rings. The molecule has 0 aromatic carbocycles.